The van der Waals surface area contributed by atoms with Gasteiger partial charge in [-0.1, -0.05) is 30.3 Å². The SMILES string of the molecule is Cc1coc(C)c1C(=O)c1ccccc1. The molecule has 0 aliphatic carbocycles. The zero-order valence-corrected chi connectivity index (χ0v) is 8.78. The second-order valence-corrected chi connectivity index (χ2v) is 3.55. The molecule has 2 aromatic rings. The molecule has 2 rings (SSSR count). The van der Waals surface area contributed by atoms with Gasteiger partial charge in [0, 0.05) is 5.56 Å². The van der Waals surface area contributed by atoms with Gasteiger partial charge in [-0.15, -0.1) is 0 Å². The first-order chi connectivity index (χ1) is 7.20. The summed E-state index contributed by atoms with van der Waals surface area (Å²) >= 11 is 0. The summed E-state index contributed by atoms with van der Waals surface area (Å²) in [5.74, 6) is 0.709. The van der Waals surface area contributed by atoms with Crippen molar-refractivity contribution in [1.29, 1.82) is 0 Å². The van der Waals surface area contributed by atoms with Crippen molar-refractivity contribution in [2.75, 3.05) is 0 Å². The van der Waals surface area contributed by atoms with E-state index < -0.39 is 0 Å². The summed E-state index contributed by atoms with van der Waals surface area (Å²) in [5.41, 5.74) is 2.27. The van der Waals surface area contributed by atoms with Crippen molar-refractivity contribution in [3.63, 3.8) is 0 Å². The number of carbonyl (C=O) groups excluding carboxylic acids is 1. The monoisotopic (exact) mass is 200 g/mol. The maximum absolute atomic E-state index is 12.1. The Morgan fingerprint density at radius 2 is 1.80 bits per heavy atom. The third-order valence-corrected chi connectivity index (χ3v) is 2.42. The van der Waals surface area contributed by atoms with Crippen LogP contribution in [0.2, 0.25) is 0 Å². The van der Waals surface area contributed by atoms with Crippen molar-refractivity contribution >= 4 is 5.78 Å². The number of benzene rings is 1. The highest BCUT2D eigenvalue weighted by atomic mass is 16.3. The summed E-state index contributed by atoms with van der Waals surface area (Å²) in [6.45, 7) is 3.69. The van der Waals surface area contributed by atoms with Gasteiger partial charge >= 0.3 is 0 Å². The first-order valence-electron chi connectivity index (χ1n) is 4.84. The highest BCUT2D eigenvalue weighted by molar-refractivity contribution is 6.10. The van der Waals surface area contributed by atoms with Gasteiger partial charge in [-0.2, -0.15) is 0 Å². The van der Waals surface area contributed by atoms with E-state index in [0.717, 1.165) is 5.56 Å². The molecule has 1 heterocycles. The molecule has 0 atom stereocenters. The number of rotatable bonds is 2. The van der Waals surface area contributed by atoms with E-state index in [1.165, 1.54) is 0 Å². The van der Waals surface area contributed by atoms with Crippen LogP contribution in [0.3, 0.4) is 0 Å². The Hall–Kier alpha value is -1.83. The fraction of sp³-hybridized carbons (Fsp3) is 0.154. The topological polar surface area (TPSA) is 30.2 Å². The third kappa shape index (κ3) is 1.71. The van der Waals surface area contributed by atoms with Crippen molar-refractivity contribution in [3.8, 4) is 0 Å². The number of furan rings is 1. The molecule has 15 heavy (non-hydrogen) atoms. The van der Waals surface area contributed by atoms with Gasteiger partial charge in [0.2, 0.25) is 0 Å². The van der Waals surface area contributed by atoms with E-state index in [0.29, 0.717) is 16.9 Å². The van der Waals surface area contributed by atoms with E-state index in [9.17, 15) is 4.79 Å². The molecule has 0 radical (unpaired) electrons. The summed E-state index contributed by atoms with van der Waals surface area (Å²) < 4.78 is 5.22. The van der Waals surface area contributed by atoms with Crippen LogP contribution in [-0.2, 0) is 0 Å². The molecule has 0 fully saturated rings. The van der Waals surface area contributed by atoms with Crippen LogP contribution in [0.1, 0.15) is 27.2 Å². The van der Waals surface area contributed by atoms with Crippen LogP contribution in [0.4, 0.5) is 0 Å². The van der Waals surface area contributed by atoms with E-state index >= 15 is 0 Å². The maximum Gasteiger partial charge on any atom is 0.196 e. The van der Waals surface area contributed by atoms with Crippen LogP contribution in [0, 0.1) is 13.8 Å². The van der Waals surface area contributed by atoms with Crippen molar-refractivity contribution in [3.05, 3.63) is 59.0 Å². The lowest BCUT2D eigenvalue weighted by molar-refractivity contribution is 0.103. The Morgan fingerprint density at radius 1 is 1.13 bits per heavy atom. The van der Waals surface area contributed by atoms with Gasteiger partial charge in [0.1, 0.15) is 5.76 Å². The molecule has 2 nitrogen and oxygen atoms in total. The number of aryl methyl sites for hydroxylation is 2. The predicted molar refractivity (Wildman–Crippen MR) is 58.1 cm³/mol. The van der Waals surface area contributed by atoms with Gasteiger partial charge in [0.25, 0.3) is 0 Å². The molecule has 2 heteroatoms. The molecule has 0 saturated heterocycles. The molecule has 76 valence electrons. The van der Waals surface area contributed by atoms with E-state index in [4.69, 9.17) is 4.42 Å². The lowest BCUT2D eigenvalue weighted by Gasteiger charge is -2.00. The van der Waals surface area contributed by atoms with E-state index in [1.54, 1.807) is 6.26 Å². The molecule has 1 aromatic heterocycles. The molecule has 0 saturated carbocycles. The van der Waals surface area contributed by atoms with Crippen LogP contribution in [-0.4, -0.2) is 5.78 Å². The van der Waals surface area contributed by atoms with Crippen LogP contribution in [0.5, 0.6) is 0 Å². The minimum absolute atomic E-state index is 0.0272. The summed E-state index contributed by atoms with van der Waals surface area (Å²) in [5, 5.41) is 0. The highest BCUT2D eigenvalue weighted by Gasteiger charge is 2.16. The average Bonchev–Trinajstić information content (AvgIpc) is 2.59. The molecule has 0 amide bonds. The predicted octanol–water partition coefficient (Wildman–Crippen LogP) is 3.13. The number of hydrogen-bond donors (Lipinski definition) is 0. The van der Waals surface area contributed by atoms with Crippen LogP contribution in [0.25, 0.3) is 0 Å². The van der Waals surface area contributed by atoms with Gasteiger partial charge in [-0.25, -0.2) is 0 Å². The normalized spacial score (nSPS) is 10.3. The van der Waals surface area contributed by atoms with Gasteiger partial charge in [0.05, 0.1) is 11.8 Å². The fourth-order valence-corrected chi connectivity index (χ4v) is 1.65. The summed E-state index contributed by atoms with van der Waals surface area (Å²) in [7, 11) is 0. The van der Waals surface area contributed by atoms with Crippen LogP contribution in [0.15, 0.2) is 41.0 Å². The maximum atomic E-state index is 12.1. The molecule has 0 aliphatic heterocycles. The summed E-state index contributed by atoms with van der Waals surface area (Å²) in [6.07, 6.45) is 1.62. The molecular weight excluding hydrogens is 188 g/mol. The highest BCUT2D eigenvalue weighted by Crippen LogP contribution is 2.19. The Labute approximate surface area is 88.5 Å². The minimum Gasteiger partial charge on any atom is -0.469 e. The average molecular weight is 200 g/mol. The minimum atomic E-state index is 0.0272. The van der Waals surface area contributed by atoms with Crippen LogP contribution >= 0.6 is 0 Å². The first-order valence-corrected chi connectivity index (χ1v) is 4.84. The first kappa shape index (κ1) is 9.71. The van der Waals surface area contributed by atoms with Gasteiger partial charge < -0.3 is 4.42 Å². The van der Waals surface area contributed by atoms with Crippen LogP contribution < -0.4 is 0 Å². The second kappa shape index (κ2) is 3.73. The largest absolute Gasteiger partial charge is 0.469 e. The van der Waals surface area contributed by atoms with Crippen molar-refractivity contribution < 1.29 is 9.21 Å². The van der Waals surface area contributed by atoms with Gasteiger partial charge in [-0.3, -0.25) is 4.79 Å². The third-order valence-electron chi connectivity index (χ3n) is 2.42. The van der Waals surface area contributed by atoms with E-state index in [2.05, 4.69) is 0 Å². The number of carbonyl (C=O) groups is 1. The Bertz CT molecular complexity index is 461. The standard InChI is InChI=1S/C13H12O2/c1-9-8-15-10(2)12(9)13(14)11-6-4-3-5-7-11/h3-8H,1-2H3. The molecule has 1 aromatic carbocycles. The Morgan fingerprint density at radius 3 is 2.33 bits per heavy atom. The van der Waals surface area contributed by atoms with Gasteiger partial charge in [-0.05, 0) is 19.4 Å². The Balaban J connectivity index is 2.46. The smallest absolute Gasteiger partial charge is 0.196 e. The molecule has 0 aliphatic rings. The molecule has 0 bridgehead atoms. The zero-order valence-electron chi connectivity index (χ0n) is 8.78. The lowest BCUT2D eigenvalue weighted by atomic mass is 10.0. The lowest BCUT2D eigenvalue weighted by Crippen LogP contribution is -2.02. The molecule has 0 spiro atoms. The molecule has 0 unspecified atom stereocenters. The number of hydrogen-bond acceptors (Lipinski definition) is 2. The van der Waals surface area contributed by atoms with E-state index in [1.807, 2.05) is 44.2 Å². The summed E-state index contributed by atoms with van der Waals surface area (Å²) in [6, 6.07) is 9.24. The van der Waals surface area contributed by atoms with Crippen molar-refractivity contribution in [2.45, 2.75) is 13.8 Å². The number of ketones is 1. The zero-order chi connectivity index (χ0) is 10.8. The van der Waals surface area contributed by atoms with Crippen molar-refractivity contribution in [1.82, 2.24) is 0 Å². The van der Waals surface area contributed by atoms with E-state index in [-0.39, 0.29) is 5.78 Å². The molecular formula is C13H12O2. The fourth-order valence-electron chi connectivity index (χ4n) is 1.65. The van der Waals surface area contributed by atoms with Crippen molar-refractivity contribution in [2.24, 2.45) is 0 Å². The molecule has 0 N–H and O–H groups in total. The summed E-state index contributed by atoms with van der Waals surface area (Å²) in [4.78, 5) is 12.1. The second-order valence-electron chi connectivity index (χ2n) is 3.55. The quantitative estimate of drug-likeness (QED) is 0.697. The van der Waals surface area contributed by atoms with Gasteiger partial charge in [0.15, 0.2) is 5.78 Å². The Kier molecular flexibility index (Phi) is 2.42.